The third-order valence-electron chi connectivity index (χ3n) is 1.03. The molecule has 0 aromatic rings. The van der Waals surface area contributed by atoms with Crippen LogP contribution in [0.4, 0.5) is 0 Å². The van der Waals surface area contributed by atoms with Crippen molar-refractivity contribution in [2.45, 2.75) is 19.8 Å². The van der Waals surface area contributed by atoms with E-state index in [1.165, 1.54) is 0 Å². The average Bonchev–Trinajstić information content (AvgIpc) is 1.83. The molecule has 0 aromatic carbocycles. The molecule has 0 aromatic heterocycles. The SMILES string of the molecule is C[C](CO)CCCO. The van der Waals surface area contributed by atoms with Crippen molar-refractivity contribution >= 4 is 0 Å². The van der Waals surface area contributed by atoms with Gasteiger partial charge in [0.1, 0.15) is 0 Å². The Bertz CT molecular complexity index is 45.8. The molecule has 0 saturated heterocycles. The van der Waals surface area contributed by atoms with Crippen LogP contribution in [0.25, 0.3) is 0 Å². The van der Waals surface area contributed by atoms with Gasteiger partial charge in [-0.25, -0.2) is 0 Å². The van der Waals surface area contributed by atoms with Crippen LogP contribution in [0, 0.1) is 5.92 Å². The van der Waals surface area contributed by atoms with Crippen molar-refractivity contribution in [3.05, 3.63) is 5.92 Å². The number of rotatable bonds is 4. The summed E-state index contributed by atoms with van der Waals surface area (Å²) in [5.41, 5.74) is 0. The van der Waals surface area contributed by atoms with Crippen LogP contribution in [0.5, 0.6) is 0 Å². The zero-order valence-corrected chi connectivity index (χ0v) is 5.22. The average molecular weight is 117 g/mol. The van der Waals surface area contributed by atoms with Crippen LogP contribution in [0.2, 0.25) is 0 Å². The van der Waals surface area contributed by atoms with Crippen LogP contribution < -0.4 is 0 Å². The lowest BCUT2D eigenvalue weighted by atomic mass is 10.1. The molecule has 0 saturated carbocycles. The van der Waals surface area contributed by atoms with Gasteiger partial charge in [-0.1, -0.05) is 6.92 Å². The maximum Gasteiger partial charge on any atom is 0.0490 e. The van der Waals surface area contributed by atoms with Crippen LogP contribution in [-0.4, -0.2) is 23.4 Å². The van der Waals surface area contributed by atoms with Gasteiger partial charge in [0.05, 0.1) is 0 Å². The molecule has 0 spiro atoms. The minimum atomic E-state index is 0.153. The van der Waals surface area contributed by atoms with Gasteiger partial charge in [-0.15, -0.1) is 0 Å². The number of hydrogen-bond donors (Lipinski definition) is 2. The van der Waals surface area contributed by atoms with E-state index in [1.54, 1.807) is 0 Å². The summed E-state index contributed by atoms with van der Waals surface area (Å²) in [4.78, 5) is 0. The van der Waals surface area contributed by atoms with Crippen molar-refractivity contribution in [1.82, 2.24) is 0 Å². The molecule has 1 radical (unpaired) electrons. The zero-order valence-electron chi connectivity index (χ0n) is 5.22. The zero-order chi connectivity index (χ0) is 6.41. The lowest BCUT2D eigenvalue weighted by Crippen LogP contribution is -1.98. The molecular formula is C6H13O2. The Morgan fingerprint density at radius 3 is 2.38 bits per heavy atom. The molecule has 0 bridgehead atoms. The Balaban J connectivity index is 2.86. The van der Waals surface area contributed by atoms with Crippen molar-refractivity contribution in [3.8, 4) is 0 Å². The van der Waals surface area contributed by atoms with E-state index >= 15 is 0 Å². The van der Waals surface area contributed by atoms with Gasteiger partial charge in [-0.2, -0.15) is 0 Å². The Morgan fingerprint density at radius 2 is 2.00 bits per heavy atom. The fourth-order valence-corrected chi connectivity index (χ4v) is 0.460. The summed E-state index contributed by atoms with van der Waals surface area (Å²) in [6.45, 7) is 2.26. The summed E-state index contributed by atoms with van der Waals surface area (Å²) in [6, 6.07) is 0. The molecule has 0 atom stereocenters. The highest BCUT2D eigenvalue weighted by Gasteiger charge is 1.97. The van der Waals surface area contributed by atoms with E-state index in [0.717, 1.165) is 18.8 Å². The molecule has 2 nitrogen and oxygen atoms in total. The minimum Gasteiger partial charge on any atom is -0.396 e. The first-order valence-electron chi connectivity index (χ1n) is 2.84. The van der Waals surface area contributed by atoms with Gasteiger partial charge >= 0.3 is 0 Å². The fourth-order valence-electron chi connectivity index (χ4n) is 0.460. The number of aliphatic hydroxyl groups excluding tert-OH is 2. The molecule has 2 heteroatoms. The first-order valence-corrected chi connectivity index (χ1v) is 2.84. The predicted molar refractivity (Wildman–Crippen MR) is 32.3 cm³/mol. The second-order valence-corrected chi connectivity index (χ2v) is 1.94. The molecule has 8 heavy (non-hydrogen) atoms. The molecule has 2 N–H and O–H groups in total. The van der Waals surface area contributed by atoms with E-state index in [2.05, 4.69) is 0 Å². The Kier molecular flexibility index (Phi) is 5.01. The normalized spacial score (nSPS) is 10.5. The highest BCUT2D eigenvalue weighted by atomic mass is 16.3. The standard InChI is InChI=1S/C6H13O2/c1-6(5-8)3-2-4-7/h7-8H,2-5H2,1H3. The Morgan fingerprint density at radius 1 is 1.38 bits per heavy atom. The topological polar surface area (TPSA) is 40.5 Å². The summed E-state index contributed by atoms with van der Waals surface area (Å²) in [6.07, 6.45) is 1.61. The van der Waals surface area contributed by atoms with E-state index in [9.17, 15) is 0 Å². The van der Waals surface area contributed by atoms with Gasteiger partial charge in [0, 0.05) is 13.2 Å². The highest BCUT2D eigenvalue weighted by molar-refractivity contribution is 4.81. The van der Waals surface area contributed by atoms with Crippen LogP contribution in [0.15, 0.2) is 0 Å². The maximum absolute atomic E-state index is 8.44. The lowest BCUT2D eigenvalue weighted by Gasteiger charge is -2.02. The monoisotopic (exact) mass is 117 g/mol. The van der Waals surface area contributed by atoms with Gasteiger partial charge in [-0.3, -0.25) is 0 Å². The number of aliphatic hydroxyl groups is 2. The molecule has 0 aliphatic heterocycles. The van der Waals surface area contributed by atoms with E-state index in [-0.39, 0.29) is 13.2 Å². The van der Waals surface area contributed by atoms with E-state index in [1.807, 2.05) is 6.92 Å². The van der Waals surface area contributed by atoms with Crippen molar-refractivity contribution < 1.29 is 10.2 Å². The van der Waals surface area contributed by atoms with Crippen LogP contribution >= 0.6 is 0 Å². The van der Waals surface area contributed by atoms with Crippen molar-refractivity contribution in [2.24, 2.45) is 0 Å². The van der Waals surface area contributed by atoms with Gasteiger partial charge < -0.3 is 10.2 Å². The summed E-state index contributed by atoms with van der Waals surface area (Å²) in [5.74, 6) is 1.04. The quantitative estimate of drug-likeness (QED) is 0.557. The van der Waals surface area contributed by atoms with E-state index in [4.69, 9.17) is 10.2 Å². The summed E-state index contributed by atoms with van der Waals surface area (Å²) in [5, 5.41) is 16.8. The van der Waals surface area contributed by atoms with Crippen molar-refractivity contribution in [2.75, 3.05) is 13.2 Å². The predicted octanol–water partition coefficient (Wildman–Crippen LogP) is 0.346. The van der Waals surface area contributed by atoms with Gasteiger partial charge in [0.25, 0.3) is 0 Å². The second-order valence-electron chi connectivity index (χ2n) is 1.94. The first kappa shape index (κ1) is 7.92. The second kappa shape index (κ2) is 5.06. The summed E-state index contributed by atoms with van der Waals surface area (Å²) >= 11 is 0. The fraction of sp³-hybridized carbons (Fsp3) is 0.833. The van der Waals surface area contributed by atoms with Gasteiger partial charge in [0.2, 0.25) is 0 Å². The molecule has 0 aliphatic carbocycles. The smallest absolute Gasteiger partial charge is 0.0490 e. The molecule has 49 valence electrons. The van der Waals surface area contributed by atoms with Crippen LogP contribution in [-0.2, 0) is 0 Å². The van der Waals surface area contributed by atoms with Crippen molar-refractivity contribution in [3.63, 3.8) is 0 Å². The molecule has 0 aliphatic rings. The molecule has 0 amide bonds. The molecule has 0 fully saturated rings. The maximum atomic E-state index is 8.44. The third-order valence-corrected chi connectivity index (χ3v) is 1.03. The number of hydrogen-bond acceptors (Lipinski definition) is 2. The highest BCUT2D eigenvalue weighted by Crippen LogP contribution is 2.04. The summed E-state index contributed by atoms with van der Waals surface area (Å²) < 4.78 is 0. The van der Waals surface area contributed by atoms with E-state index < -0.39 is 0 Å². The van der Waals surface area contributed by atoms with Crippen molar-refractivity contribution in [1.29, 1.82) is 0 Å². The van der Waals surface area contributed by atoms with Gasteiger partial charge in [0.15, 0.2) is 0 Å². The lowest BCUT2D eigenvalue weighted by molar-refractivity contribution is 0.269. The molecule has 0 unspecified atom stereocenters. The van der Waals surface area contributed by atoms with Crippen LogP contribution in [0.1, 0.15) is 19.8 Å². The largest absolute Gasteiger partial charge is 0.396 e. The first-order chi connectivity index (χ1) is 3.81. The molecule has 0 rings (SSSR count). The van der Waals surface area contributed by atoms with Crippen LogP contribution in [0.3, 0.4) is 0 Å². The third kappa shape index (κ3) is 4.09. The van der Waals surface area contributed by atoms with Gasteiger partial charge in [-0.05, 0) is 18.8 Å². The molecule has 0 heterocycles. The van der Waals surface area contributed by atoms with E-state index in [0.29, 0.717) is 0 Å². The molecular weight excluding hydrogens is 104 g/mol. The Hall–Kier alpha value is -0.0800. The summed E-state index contributed by atoms with van der Waals surface area (Å²) in [7, 11) is 0. The minimum absolute atomic E-state index is 0.153. The Labute approximate surface area is 50.2 Å².